The fourth-order valence-corrected chi connectivity index (χ4v) is 3.16. The molecule has 2 aromatic carbocycles. The lowest BCUT2D eigenvalue weighted by Gasteiger charge is -2.16. The topological polar surface area (TPSA) is 37.3 Å². The first-order valence-corrected chi connectivity index (χ1v) is 9.29. The van der Waals surface area contributed by atoms with Crippen LogP contribution in [0.15, 0.2) is 54.6 Å². The molecule has 0 radical (unpaired) electrons. The molecule has 0 amide bonds. The van der Waals surface area contributed by atoms with E-state index in [1.54, 1.807) is 0 Å². The van der Waals surface area contributed by atoms with Crippen molar-refractivity contribution in [1.29, 1.82) is 0 Å². The molecular weight excluding hydrogens is 308 g/mol. The number of aryl methyl sites for hydroxylation is 1. The Morgan fingerprint density at radius 3 is 2.16 bits per heavy atom. The molecule has 2 heteroatoms. The van der Waals surface area contributed by atoms with Crippen molar-refractivity contribution in [2.45, 2.75) is 52.4 Å². The summed E-state index contributed by atoms with van der Waals surface area (Å²) in [5, 5.41) is 10.0. The second-order valence-electron chi connectivity index (χ2n) is 6.39. The summed E-state index contributed by atoms with van der Waals surface area (Å²) >= 11 is 0. The number of hydrogen-bond acceptors (Lipinski definition) is 1. The molecule has 0 bridgehead atoms. The van der Waals surface area contributed by atoms with E-state index in [4.69, 9.17) is 0 Å². The SMILES string of the molecule is CCCCC(=C(C(=O)O)c1ccccc1CCCC)c1ccccc1. The van der Waals surface area contributed by atoms with Gasteiger partial charge in [-0.2, -0.15) is 0 Å². The first-order chi connectivity index (χ1) is 12.2. The standard InChI is InChI=1S/C23H28O2/c1-3-5-12-18-15-10-11-17-21(18)22(23(24)25)20(16-6-4-2)19-13-8-7-9-14-19/h7-11,13-15,17H,3-6,12,16H2,1-2H3,(H,24,25). The van der Waals surface area contributed by atoms with Gasteiger partial charge in [0, 0.05) is 0 Å². The molecule has 2 nitrogen and oxygen atoms in total. The van der Waals surface area contributed by atoms with Crippen LogP contribution in [0.2, 0.25) is 0 Å². The lowest BCUT2D eigenvalue weighted by Crippen LogP contribution is -2.07. The predicted molar refractivity (Wildman–Crippen MR) is 105 cm³/mol. The minimum Gasteiger partial charge on any atom is -0.478 e. The van der Waals surface area contributed by atoms with Crippen LogP contribution in [0.25, 0.3) is 11.1 Å². The molecule has 0 aliphatic heterocycles. The number of carbonyl (C=O) groups is 1. The quantitative estimate of drug-likeness (QED) is 0.436. The third kappa shape index (κ3) is 5.06. The summed E-state index contributed by atoms with van der Waals surface area (Å²) in [5.74, 6) is -0.834. The van der Waals surface area contributed by atoms with Crippen LogP contribution in [-0.4, -0.2) is 11.1 Å². The van der Waals surface area contributed by atoms with Gasteiger partial charge in [-0.1, -0.05) is 81.3 Å². The van der Waals surface area contributed by atoms with Gasteiger partial charge in [0.1, 0.15) is 0 Å². The summed E-state index contributed by atoms with van der Waals surface area (Å²) in [4.78, 5) is 12.2. The van der Waals surface area contributed by atoms with Gasteiger partial charge in [-0.25, -0.2) is 4.79 Å². The second kappa shape index (κ2) is 9.83. The fourth-order valence-electron chi connectivity index (χ4n) is 3.16. The molecule has 0 fully saturated rings. The van der Waals surface area contributed by atoms with Gasteiger partial charge in [0.15, 0.2) is 0 Å². The monoisotopic (exact) mass is 336 g/mol. The van der Waals surface area contributed by atoms with Gasteiger partial charge in [0.05, 0.1) is 5.57 Å². The summed E-state index contributed by atoms with van der Waals surface area (Å²) in [7, 11) is 0. The number of unbranched alkanes of at least 4 members (excludes halogenated alkanes) is 2. The first-order valence-electron chi connectivity index (χ1n) is 9.29. The average Bonchev–Trinajstić information content (AvgIpc) is 2.64. The second-order valence-corrected chi connectivity index (χ2v) is 6.39. The van der Waals surface area contributed by atoms with E-state index >= 15 is 0 Å². The third-order valence-corrected chi connectivity index (χ3v) is 4.50. The van der Waals surface area contributed by atoms with Gasteiger partial charge in [-0.05, 0) is 47.9 Å². The van der Waals surface area contributed by atoms with Crippen LogP contribution in [0.1, 0.15) is 62.6 Å². The van der Waals surface area contributed by atoms with Crippen LogP contribution >= 0.6 is 0 Å². The van der Waals surface area contributed by atoms with Crippen molar-refractivity contribution in [3.8, 4) is 0 Å². The fraction of sp³-hybridized carbons (Fsp3) is 0.348. The van der Waals surface area contributed by atoms with Crippen molar-refractivity contribution < 1.29 is 9.90 Å². The van der Waals surface area contributed by atoms with E-state index in [-0.39, 0.29) is 0 Å². The zero-order chi connectivity index (χ0) is 18.1. The van der Waals surface area contributed by atoms with E-state index in [0.29, 0.717) is 5.57 Å². The number of hydrogen-bond donors (Lipinski definition) is 1. The Morgan fingerprint density at radius 2 is 1.52 bits per heavy atom. The van der Waals surface area contributed by atoms with Gasteiger partial charge >= 0.3 is 5.97 Å². The number of carboxylic acid groups (broad SMARTS) is 1. The van der Waals surface area contributed by atoms with Crippen LogP contribution < -0.4 is 0 Å². The molecule has 0 atom stereocenters. The molecule has 0 aromatic heterocycles. The highest BCUT2D eigenvalue weighted by atomic mass is 16.4. The molecule has 0 spiro atoms. The van der Waals surface area contributed by atoms with Crippen LogP contribution in [0, 0.1) is 0 Å². The molecule has 1 N–H and O–H groups in total. The maximum Gasteiger partial charge on any atom is 0.336 e. The number of rotatable bonds is 9. The molecule has 0 heterocycles. The maximum atomic E-state index is 12.2. The minimum atomic E-state index is -0.834. The van der Waals surface area contributed by atoms with Crippen LogP contribution in [0.5, 0.6) is 0 Å². The van der Waals surface area contributed by atoms with Crippen molar-refractivity contribution in [3.63, 3.8) is 0 Å². The van der Waals surface area contributed by atoms with Gasteiger partial charge in [-0.3, -0.25) is 0 Å². The van der Waals surface area contributed by atoms with Crippen LogP contribution in [0.3, 0.4) is 0 Å². The molecule has 2 rings (SSSR count). The Hall–Kier alpha value is -2.35. The van der Waals surface area contributed by atoms with E-state index in [1.807, 2.05) is 48.5 Å². The van der Waals surface area contributed by atoms with Crippen molar-refractivity contribution in [2.75, 3.05) is 0 Å². The Bertz CT molecular complexity index is 714. The highest BCUT2D eigenvalue weighted by molar-refractivity contribution is 6.24. The van der Waals surface area contributed by atoms with E-state index in [1.165, 1.54) is 0 Å². The van der Waals surface area contributed by atoms with E-state index < -0.39 is 5.97 Å². The summed E-state index contributed by atoms with van der Waals surface area (Å²) in [5.41, 5.74) is 4.42. The summed E-state index contributed by atoms with van der Waals surface area (Å²) < 4.78 is 0. The predicted octanol–water partition coefficient (Wildman–Crippen LogP) is 6.21. The van der Waals surface area contributed by atoms with E-state index in [2.05, 4.69) is 19.9 Å². The molecule has 0 saturated carbocycles. The van der Waals surface area contributed by atoms with Crippen molar-refractivity contribution in [1.82, 2.24) is 0 Å². The number of allylic oxidation sites excluding steroid dienone is 1. The molecule has 0 saturated heterocycles. The first kappa shape index (κ1) is 19.0. The molecule has 2 aromatic rings. The Kier molecular flexibility index (Phi) is 7.46. The minimum absolute atomic E-state index is 0.464. The molecule has 0 aliphatic rings. The van der Waals surface area contributed by atoms with Gasteiger partial charge in [0.2, 0.25) is 0 Å². The molecule has 132 valence electrons. The Morgan fingerprint density at radius 1 is 0.880 bits per heavy atom. The Labute approximate surface area is 151 Å². The van der Waals surface area contributed by atoms with Crippen LogP contribution in [-0.2, 0) is 11.2 Å². The van der Waals surface area contributed by atoms with Crippen LogP contribution in [0.4, 0.5) is 0 Å². The summed E-state index contributed by atoms with van der Waals surface area (Å²) in [6, 6.07) is 17.9. The smallest absolute Gasteiger partial charge is 0.336 e. The van der Waals surface area contributed by atoms with E-state index in [9.17, 15) is 9.90 Å². The molecule has 0 aliphatic carbocycles. The van der Waals surface area contributed by atoms with Gasteiger partial charge in [0.25, 0.3) is 0 Å². The molecular formula is C23H28O2. The molecule has 25 heavy (non-hydrogen) atoms. The maximum absolute atomic E-state index is 12.2. The van der Waals surface area contributed by atoms with Gasteiger partial charge < -0.3 is 5.11 Å². The zero-order valence-electron chi connectivity index (χ0n) is 15.3. The Balaban J connectivity index is 2.63. The normalized spacial score (nSPS) is 11.9. The number of aliphatic carboxylic acids is 1. The largest absolute Gasteiger partial charge is 0.478 e. The summed E-state index contributed by atoms with van der Waals surface area (Å²) in [6.45, 7) is 4.30. The van der Waals surface area contributed by atoms with Crippen molar-refractivity contribution in [2.24, 2.45) is 0 Å². The van der Waals surface area contributed by atoms with Crippen molar-refractivity contribution in [3.05, 3.63) is 71.3 Å². The van der Waals surface area contributed by atoms with Gasteiger partial charge in [-0.15, -0.1) is 0 Å². The third-order valence-electron chi connectivity index (χ3n) is 4.50. The average molecular weight is 336 g/mol. The highest BCUT2D eigenvalue weighted by Gasteiger charge is 2.20. The summed E-state index contributed by atoms with van der Waals surface area (Å²) in [6.07, 6.45) is 5.89. The number of carboxylic acids is 1. The van der Waals surface area contributed by atoms with E-state index in [0.717, 1.165) is 60.8 Å². The zero-order valence-corrected chi connectivity index (χ0v) is 15.3. The lowest BCUT2D eigenvalue weighted by molar-refractivity contribution is -0.130. The lowest BCUT2D eigenvalue weighted by atomic mass is 9.88. The number of benzene rings is 2. The van der Waals surface area contributed by atoms with Crippen molar-refractivity contribution >= 4 is 17.1 Å². The highest BCUT2D eigenvalue weighted by Crippen LogP contribution is 2.33. The molecule has 0 unspecified atom stereocenters.